The molecule has 0 fully saturated rings. The molecule has 0 saturated heterocycles. The molecule has 0 aliphatic carbocycles. The van der Waals surface area contributed by atoms with E-state index in [0.29, 0.717) is 6.54 Å². The average Bonchev–Trinajstić information content (AvgIpc) is 2.29. The molecule has 0 aliphatic heterocycles. The fraction of sp³-hybridized carbons (Fsp3) is 0.545. The second-order valence-corrected chi connectivity index (χ2v) is 3.78. The van der Waals surface area contributed by atoms with Crippen molar-refractivity contribution < 1.29 is 0 Å². The predicted octanol–water partition coefficient (Wildman–Crippen LogP) is 0.0745. The molecule has 0 radical (unpaired) electrons. The molecule has 0 spiro atoms. The zero-order valence-electron chi connectivity index (χ0n) is 9.94. The number of aromatic nitrogens is 3. The molecule has 1 aromatic heterocycles. The molecule has 1 rings (SSSR count). The molecule has 94 valence electrons. The largest absolute Gasteiger partial charge is 0.336 e. The Balaban J connectivity index is 3.17. The minimum absolute atomic E-state index is 0.0994. The standard InChI is InChI=1S/C11H17N3O3/c1-3-5-6-8-14-10(16)12-9(15)13(7-4-2)11(14)17/h4H,2-3,5-8H2,1H3,(H,12,15,16). The average molecular weight is 239 g/mol. The van der Waals surface area contributed by atoms with Gasteiger partial charge in [-0.15, -0.1) is 6.58 Å². The fourth-order valence-corrected chi connectivity index (χ4v) is 1.55. The monoisotopic (exact) mass is 239 g/mol. The van der Waals surface area contributed by atoms with Crippen molar-refractivity contribution in [2.75, 3.05) is 0 Å². The van der Waals surface area contributed by atoms with Gasteiger partial charge >= 0.3 is 17.1 Å². The van der Waals surface area contributed by atoms with Crippen molar-refractivity contribution in [1.29, 1.82) is 0 Å². The van der Waals surface area contributed by atoms with Crippen molar-refractivity contribution in [1.82, 2.24) is 14.1 Å². The van der Waals surface area contributed by atoms with Gasteiger partial charge in [0.15, 0.2) is 0 Å². The summed E-state index contributed by atoms with van der Waals surface area (Å²) in [6.07, 6.45) is 4.12. The van der Waals surface area contributed by atoms with Crippen LogP contribution in [-0.2, 0) is 13.1 Å². The van der Waals surface area contributed by atoms with Crippen molar-refractivity contribution in [2.45, 2.75) is 39.3 Å². The Hall–Kier alpha value is -1.85. The molecule has 0 unspecified atom stereocenters. The molecule has 1 aromatic rings. The number of aromatic amines is 1. The fourth-order valence-electron chi connectivity index (χ4n) is 1.55. The van der Waals surface area contributed by atoms with Crippen molar-refractivity contribution >= 4 is 0 Å². The zero-order valence-corrected chi connectivity index (χ0v) is 9.94. The van der Waals surface area contributed by atoms with Crippen molar-refractivity contribution in [3.63, 3.8) is 0 Å². The Morgan fingerprint density at radius 1 is 1.18 bits per heavy atom. The van der Waals surface area contributed by atoms with Crippen molar-refractivity contribution in [3.05, 3.63) is 44.1 Å². The molecule has 0 aliphatic rings. The Morgan fingerprint density at radius 3 is 2.41 bits per heavy atom. The summed E-state index contributed by atoms with van der Waals surface area (Å²) in [5.74, 6) is 0. The number of hydrogen-bond acceptors (Lipinski definition) is 3. The lowest BCUT2D eigenvalue weighted by atomic mass is 10.2. The van der Waals surface area contributed by atoms with Crippen molar-refractivity contribution in [2.24, 2.45) is 0 Å². The highest BCUT2D eigenvalue weighted by Gasteiger charge is 2.07. The quantitative estimate of drug-likeness (QED) is 0.564. The van der Waals surface area contributed by atoms with Crippen LogP contribution in [0, 0.1) is 0 Å². The molecule has 6 nitrogen and oxygen atoms in total. The first-order valence-electron chi connectivity index (χ1n) is 5.66. The van der Waals surface area contributed by atoms with Crippen LogP contribution in [0.15, 0.2) is 27.0 Å². The van der Waals surface area contributed by atoms with Crippen LogP contribution in [0.5, 0.6) is 0 Å². The maximum Gasteiger partial charge on any atom is 0.336 e. The summed E-state index contributed by atoms with van der Waals surface area (Å²) in [4.78, 5) is 36.8. The van der Waals surface area contributed by atoms with E-state index in [0.717, 1.165) is 28.4 Å². The van der Waals surface area contributed by atoms with Gasteiger partial charge in [0.05, 0.1) is 6.54 Å². The van der Waals surface area contributed by atoms with Crippen molar-refractivity contribution in [3.8, 4) is 0 Å². The molecule has 1 heterocycles. The van der Waals surface area contributed by atoms with Gasteiger partial charge in [0.2, 0.25) is 0 Å². The molecule has 0 aromatic carbocycles. The molecule has 0 bridgehead atoms. The van der Waals surface area contributed by atoms with Gasteiger partial charge in [-0.05, 0) is 6.42 Å². The van der Waals surface area contributed by atoms with E-state index in [1.54, 1.807) is 0 Å². The molecule has 0 saturated carbocycles. The smallest absolute Gasteiger partial charge is 0.259 e. The maximum absolute atomic E-state index is 11.9. The minimum Gasteiger partial charge on any atom is -0.259 e. The van der Waals surface area contributed by atoms with Gasteiger partial charge in [0.25, 0.3) is 0 Å². The normalized spacial score (nSPS) is 10.4. The molecule has 0 atom stereocenters. The molecule has 6 heteroatoms. The van der Waals surface area contributed by atoms with Crippen LogP contribution in [0.1, 0.15) is 26.2 Å². The number of allylic oxidation sites excluding steroid dienone is 1. The highest BCUT2D eigenvalue weighted by atomic mass is 16.2. The summed E-state index contributed by atoms with van der Waals surface area (Å²) in [6, 6.07) is 0. The van der Waals surface area contributed by atoms with Gasteiger partial charge in [-0.3, -0.25) is 4.98 Å². The number of H-pyrrole nitrogens is 1. The molecular weight excluding hydrogens is 222 g/mol. The molecular formula is C11H17N3O3. The Morgan fingerprint density at radius 2 is 1.82 bits per heavy atom. The van der Waals surface area contributed by atoms with E-state index >= 15 is 0 Å². The summed E-state index contributed by atoms with van der Waals surface area (Å²) in [5, 5.41) is 0. The topological polar surface area (TPSA) is 76.9 Å². The second kappa shape index (κ2) is 6.03. The summed E-state index contributed by atoms with van der Waals surface area (Å²) in [7, 11) is 0. The first kappa shape index (κ1) is 13.2. The van der Waals surface area contributed by atoms with Crippen LogP contribution in [0.2, 0.25) is 0 Å². The van der Waals surface area contributed by atoms with Gasteiger partial charge in [-0.25, -0.2) is 23.5 Å². The lowest BCUT2D eigenvalue weighted by Crippen LogP contribution is -2.49. The summed E-state index contributed by atoms with van der Waals surface area (Å²) >= 11 is 0. The number of unbranched alkanes of at least 4 members (excludes halogenated alkanes) is 2. The van der Waals surface area contributed by atoms with Gasteiger partial charge in [0.1, 0.15) is 0 Å². The van der Waals surface area contributed by atoms with Crippen LogP contribution in [0.3, 0.4) is 0 Å². The Kier molecular flexibility index (Phi) is 4.68. The van der Waals surface area contributed by atoms with Crippen LogP contribution in [0.25, 0.3) is 0 Å². The third-order valence-corrected chi connectivity index (χ3v) is 2.46. The van der Waals surface area contributed by atoms with Crippen LogP contribution in [0.4, 0.5) is 0 Å². The summed E-state index contributed by atoms with van der Waals surface area (Å²) in [5.41, 5.74) is -1.90. The SMILES string of the molecule is C=CCn1c(=O)[nH]c(=O)n(CCCCC)c1=O. The highest BCUT2D eigenvalue weighted by molar-refractivity contribution is 4.78. The van der Waals surface area contributed by atoms with Gasteiger partial charge in [-0.2, -0.15) is 0 Å². The summed E-state index contributed by atoms with van der Waals surface area (Å²) in [6.45, 7) is 5.93. The van der Waals surface area contributed by atoms with E-state index in [1.807, 2.05) is 6.92 Å². The first-order valence-corrected chi connectivity index (χ1v) is 5.66. The number of hydrogen-bond donors (Lipinski definition) is 1. The van der Waals surface area contributed by atoms with E-state index in [9.17, 15) is 14.4 Å². The Labute approximate surface area is 98.2 Å². The second-order valence-electron chi connectivity index (χ2n) is 3.78. The van der Waals surface area contributed by atoms with E-state index in [-0.39, 0.29) is 6.54 Å². The van der Waals surface area contributed by atoms with E-state index in [4.69, 9.17) is 0 Å². The number of nitrogens with zero attached hydrogens (tertiary/aromatic N) is 2. The van der Waals surface area contributed by atoms with E-state index in [1.165, 1.54) is 6.08 Å². The predicted molar refractivity (Wildman–Crippen MR) is 65.3 cm³/mol. The Bertz CT molecular complexity index is 550. The van der Waals surface area contributed by atoms with E-state index in [2.05, 4.69) is 11.6 Å². The van der Waals surface area contributed by atoms with Gasteiger partial charge < -0.3 is 0 Å². The minimum atomic E-state index is -0.688. The third-order valence-electron chi connectivity index (χ3n) is 2.46. The van der Waals surface area contributed by atoms with Gasteiger partial charge in [-0.1, -0.05) is 25.8 Å². The molecule has 17 heavy (non-hydrogen) atoms. The lowest BCUT2D eigenvalue weighted by Gasteiger charge is -2.06. The van der Waals surface area contributed by atoms with Crippen LogP contribution < -0.4 is 17.1 Å². The molecule has 0 amide bonds. The zero-order chi connectivity index (χ0) is 12.8. The van der Waals surface area contributed by atoms with Crippen LogP contribution >= 0.6 is 0 Å². The maximum atomic E-state index is 11.9. The molecule has 1 N–H and O–H groups in total. The summed E-state index contributed by atoms with van der Waals surface area (Å²) < 4.78 is 2.01. The first-order chi connectivity index (χ1) is 8.11. The number of rotatable bonds is 6. The number of nitrogens with one attached hydrogen (secondary N) is 1. The third kappa shape index (κ3) is 3.05. The van der Waals surface area contributed by atoms with E-state index < -0.39 is 17.1 Å². The van der Waals surface area contributed by atoms with Gasteiger partial charge in [0, 0.05) is 6.54 Å². The van der Waals surface area contributed by atoms with Crippen LogP contribution in [-0.4, -0.2) is 14.1 Å². The lowest BCUT2D eigenvalue weighted by molar-refractivity contribution is 0.505. The highest BCUT2D eigenvalue weighted by Crippen LogP contribution is 1.93.